The van der Waals surface area contributed by atoms with Gasteiger partial charge in [-0.1, -0.05) is 43.4 Å². The minimum atomic E-state index is 0.130. The Balaban J connectivity index is 2.02. The Hall–Kier alpha value is -0.940. The molecule has 0 radical (unpaired) electrons. The largest absolute Gasteiger partial charge is 0.197 e. The molecule has 1 nitrogen and oxygen atoms in total. The molecule has 0 heterocycles. The van der Waals surface area contributed by atoms with Crippen molar-refractivity contribution in [2.45, 2.75) is 55.6 Å². The SMILES string of the molecule is Cc1cccc(SC(C#N)C2CCCCCC2)c1. The summed E-state index contributed by atoms with van der Waals surface area (Å²) in [6.07, 6.45) is 7.77. The summed E-state index contributed by atoms with van der Waals surface area (Å²) in [4.78, 5) is 1.24. The van der Waals surface area contributed by atoms with Crippen LogP contribution in [0, 0.1) is 24.2 Å². The predicted molar refractivity (Wildman–Crippen MR) is 77.6 cm³/mol. The first-order valence-corrected chi connectivity index (χ1v) is 7.80. The van der Waals surface area contributed by atoms with Gasteiger partial charge >= 0.3 is 0 Å². The third kappa shape index (κ3) is 3.78. The predicted octanol–water partition coefficient (Wildman–Crippen LogP) is 4.95. The molecule has 96 valence electrons. The molecular weight excluding hydrogens is 238 g/mol. The molecule has 0 saturated heterocycles. The van der Waals surface area contributed by atoms with Gasteiger partial charge in [0.05, 0.1) is 11.3 Å². The number of benzene rings is 1. The highest BCUT2D eigenvalue weighted by atomic mass is 32.2. The van der Waals surface area contributed by atoms with Gasteiger partial charge < -0.3 is 0 Å². The van der Waals surface area contributed by atoms with Crippen LogP contribution < -0.4 is 0 Å². The number of nitriles is 1. The lowest BCUT2D eigenvalue weighted by Crippen LogP contribution is -2.14. The molecule has 1 aromatic rings. The van der Waals surface area contributed by atoms with E-state index in [-0.39, 0.29) is 5.25 Å². The van der Waals surface area contributed by atoms with Crippen LogP contribution in [0.4, 0.5) is 0 Å². The Morgan fingerprint density at radius 3 is 2.56 bits per heavy atom. The lowest BCUT2D eigenvalue weighted by Gasteiger charge is -2.19. The fourth-order valence-corrected chi connectivity index (χ4v) is 3.90. The van der Waals surface area contributed by atoms with Crippen molar-refractivity contribution in [3.05, 3.63) is 29.8 Å². The van der Waals surface area contributed by atoms with Crippen molar-refractivity contribution in [2.75, 3.05) is 0 Å². The monoisotopic (exact) mass is 259 g/mol. The Kier molecular flexibility index (Phi) is 5.13. The Labute approximate surface area is 115 Å². The summed E-state index contributed by atoms with van der Waals surface area (Å²) in [6.45, 7) is 2.11. The maximum Gasteiger partial charge on any atom is 0.0991 e. The van der Waals surface area contributed by atoms with Crippen LogP contribution in [-0.4, -0.2) is 5.25 Å². The Morgan fingerprint density at radius 1 is 1.22 bits per heavy atom. The fraction of sp³-hybridized carbons (Fsp3) is 0.562. The van der Waals surface area contributed by atoms with E-state index in [0.717, 1.165) is 0 Å². The van der Waals surface area contributed by atoms with Gasteiger partial charge in [0, 0.05) is 4.90 Å². The van der Waals surface area contributed by atoms with E-state index < -0.39 is 0 Å². The lowest BCUT2D eigenvalue weighted by molar-refractivity contribution is 0.479. The van der Waals surface area contributed by atoms with Gasteiger partial charge in [0.15, 0.2) is 0 Å². The Morgan fingerprint density at radius 2 is 1.94 bits per heavy atom. The second-order valence-corrected chi connectivity index (χ2v) is 6.45. The third-order valence-electron chi connectivity index (χ3n) is 3.71. The van der Waals surface area contributed by atoms with Crippen molar-refractivity contribution < 1.29 is 0 Å². The van der Waals surface area contributed by atoms with Crippen LogP contribution in [0.3, 0.4) is 0 Å². The minimum absolute atomic E-state index is 0.130. The summed E-state index contributed by atoms with van der Waals surface area (Å²) >= 11 is 1.76. The molecule has 1 saturated carbocycles. The molecule has 18 heavy (non-hydrogen) atoms. The summed E-state index contributed by atoms with van der Waals surface area (Å²) < 4.78 is 0. The van der Waals surface area contributed by atoms with E-state index in [0.29, 0.717) is 5.92 Å². The van der Waals surface area contributed by atoms with E-state index in [1.54, 1.807) is 11.8 Å². The van der Waals surface area contributed by atoms with Crippen LogP contribution >= 0.6 is 11.8 Å². The molecule has 2 heteroatoms. The normalized spacial score (nSPS) is 18.9. The number of hydrogen-bond acceptors (Lipinski definition) is 2. The van der Waals surface area contributed by atoms with Crippen LogP contribution in [0.1, 0.15) is 44.1 Å². The molecule has 1 aliphatic carbocycles. The van der Waals surface area contributed by atoms with Gasteiger partial charge in [-0.25, -0.2) is 0 Å². The van der Waals surface area contributed by atoms with E-state index >= 15 is 0 Å². The number of nitrogens with zero attached hydrogens (tertiary/aromatic N) is 1. The standard InChI is InChI=1S/C16H21NS/c1-13-7-6-10-15(11-13)18-16(12-17)14-8-4-2-3-5-9-14/h6-7,10-11,14,16H,2-5,8-9H2,1H3. The molecule has 1 aliphatic rings. The third-order valence-corrected chi connectivity index (χ3v) is 4.98. The average molecular weight is 259 g/mol. The second kappa shape index (κ2) is 6.85. The molecule has 2 rings (SSSR count). The minimum Gasteiger partial charge on any atom is -0.197 e. The average Bonchev–Trinajstić information content (AvgIpc) is 2.65. The highest BCUT2D eigenvalue weighted by Gasteiger charge is 2.23. The highest BCUT2D eigenvalue weighted by molar-refractivity contribution is 8.00. The van der Waals surface area contributed by atoms with E-state index in [9.17, 15) is 5.26 Å². The van der Waals surface area contributed by atoms with Gasteiger partial charge in [0.25, 0.3) is 0 Å². The number of hydrogen-bond donors (Lipinski definition) is 0. The summed E-state index contributed by atoms with van der Waals surface area (Å²) in [5.74, 6) is 0.586. The molecule has 1 aromatic carbocycles. The van der Waals surface area contributed by atoms with Crippen molar-refractivity contribution in [1.29, 1.82) is 5.26 Å². The summed E-state index contributed by atoms with van der Waals surface area (Å²) in [7, 11) is 0. The zero-order chi connectivity index (χ0) is 12.8. The molecule has 1 unspecified atom stereocenters. The van der Waals surface area contributed by atoms with E-state index in [1.807, 2.05) is 0 Å². The summed E-state index contributed by atoms with van der Waals surface area (Å²) in [6, 6.07) is 11.0. The van der Waals surface area contributed by atoms with Crippen LogP contribution in [-0.2, 0) is 0 Å². The molecule has 0 aliphatic heterocycles. The molecule has 0 N–H and O–H groups in total. The van der Waals surface area contributed by atoms with Crippen molar-refractivity contribution in [2.24, 2.45) is 5.92 Å². The van der Waals surface area contributed by atoms with Crippen LogP contribution in [0.2, 0.25) is 0 Å². The molecule has 0 aromatic heterocycles. The molecule has 0 amide bonds. The molecule has 0 bridgehead atoms. The van der Waals surface area contributed by atoms with Gasteiger partial charge in [-0.3, -0.25) is 0 Å². The van der Waals surface area contributed by atoms with Gasteiger partial charge in [0.2, 0.25) is 0 Å². The van der Waals surface area contributed by atoms with Gasteiger partial charge in [-0.05, 0) is 37.8 Å². The van der Waals surface area contributed by atoms with Gasteiger partial charge in [-0.15, -0.1) is 11.8 Å². The molecule has 1 atom stereocenters. The summed E-state index contributed by atoms with van der Waals surface area (Å²) in [5.41, 5.74) is 1.28. The first kappa shape index (κ1) is 13.5. The first-order valence-electron chi connectivity index (χ1n) is 6.92. The second-order valence-electron chi connectivity index (χ2n) is 5.24. The molecule has 0 spiro atoms. The highest BCUT2D eigenvalue weighted by Crippen LogP contribution is 2.35. The topological polar surface area (TPSA) is 23.8 Å². The van der Waals surface area contributed by atoms with Crippen LogP contribution in [0.25, 0.3) is 0 Å². The lowest BCUT2D eigenvalue weighted by atomic mass is 9.97. The first-order chi connectivity index (χ1) is 8.79. The Bertz CT molecular complexity index is 413. The zero-order valence-electron chi connectivity index (χ0n) is 11.1. The van der Waals surface area contributed by atoms with Crippen molar-refractivity contribution in [1.82, 2.24) is 0 Å². The molecular formula is C16H21NS. The van der Waals surface area contributed by atoms with E-state index in [2.05, 4.69) is 37.3 Å². The van der Waals surface area contributed by atoms with Crippen LogP contribution in [0.15, 0.2) is 29.2 Å². The zero-order valence-corrected chi connectivity index (χ0v) is 11.9. The van der Waals surface area contributed by atoms with Crippen molar-refractivity contribution in [3.8, 4) is 6.07 Å². The van der Waals surface area contributed by atoms with E-state index in [1.165, 1.54) is 49.0 Å². The van der Waals surface area contributed by atoms with Crippen molar-refractivity contribution in [3.63, 3.8) is 0 Å². The maximum absolute atomic E-state index is 9.43. The fourth-order valence-electron chi connectivity index (χ4n) is 2.68. The number of thioether (sulfide) groups is 1. The molecule has 1 fully saturated rings. The number of rotatable bonds is 3. The maximum atomic E-state index is 9.43. The van der Waals surface area contributed by atoms with Gasteiger partial charge in [-0.2, -0.15) is 5.26 Å². The summed E-state index contributed by atoms with van der Waals surface area (Å²) in [5, 5.41) is 9.56. The van der Waals surface area contributed by atoms with Gasteiger partial charge in [0.1, 0.15) is 0 Å². The quantitative estimate of drug-likeness (QED) is 0.566. The van der Waals surface area contributed by atoms with Crippen molar-refractivity contribution >= 4 is 11.8 Å². The van der Waals surface area contributed by atoms with Crippen LogP contribution in [0.5, 0.6) is 0 Å². The smallest absolute Gasteiger partial charge is 0.0991 e. The van der Waals surface area contributed by atoms with E-state index in [4.69, 9.17) is 0 Å². The number of aryl methyl sites for hydroxylation is 1.